The van der Waals surface area contributed by atoms with Crippen LogP contribution in [0.2, 0.25) is 0 Å². The summed E-state index contributed by atoms with van der Waals surface area (Å²) in [6.07, 6.45) is 5.88. The number of piperidine rings is 1. The van der Waals surface area contributed by atoms with E-state index in [1.165, 1.54) is 12.4 Å². The lowest BCUT2D eigenvalue weighted by molar-refractivity contribution is -0.130. The Balaban J connectivity index is 1.53. The van der Waals surface area contributed by atoms with E-state index in [0.29, 0.717) is 30.6 Å². The lowest BCUT2D eigenvalue weighted by Gasteiger charge is -2.29. The Morgan fingerprint density at radius 3 is 2.96 bits per heavy atom. The molecule has 0 unspecified atom stereocenters. The minimum atomic E-state index is -0.0167. The van der Waals surface area contributed by atoms with Gasteiger partial charge in [-0.25, -0.2) is 0 Å². The van der Waals surface area contributed by atoms with Crippen LogP contribution < -0.4 is 5.84 Å². The number of furan rings is 1. The predicted octanol–water partition coefficient (Wildman–Crippen LogP) is 1.05. The first-order chi connectivity index (χ1) is 11.8. The van der Waals surface area contributed by atoms with Gasteiger partial charge in [-0.05, 0) is 25.0 Å². The van der Waals surface area contributed by atoms with Gasteiger partial charge in [0.1, 0.15) is 6.54 Å². The summed E-state index contributed by atoms with van der Waals surface area (Å²) in [5.41, 5.74) is 0. The molecule has 1 amide bonds. The molecular formula is C15H18N6O3. The highest BCUT2D eigenvalue weighted by atomic mass is 16.5. The number of hydrazone groups is 1. The van der Waals surface area contributed by atoms with Crippen LogP contribution in [0, 0.1) is 0 Å². The van der Waals surface area contributed by atoms with Gasteiger partial charge in [0.15, 0.2) is 5.76 Å². The van der Waals surface area contributed by atoms with E-state index in [0.717, 1.165) is 12.8 Å². The van der Waals surface area contributed by atoms with Crippen molar-refractivity contribution < 1.29 is 13.7 Å². The van der Waals surface area contributed by atoms with E-state index in [2.05, 4.69) is 20.2 Å². The summed E-state index contributed by atoms with van der Waals surface area (Å²) in [6.45, 7) is 1.38. The molecule has 0 aliphatic carbocycles. The number of carbonyl (C=O) groups excluding carboxylic acids is 1. The normalized spacial score (nSPS) is 16.4. The third kappa shape index (κ3) is 3.67. The average molecular weight is 330 g/mol. The van der Waals surface area contributed by atoms with E-state index in [4.69, 9.17) is 14.8 Å². The van der Waals surface area contributed by atoms with Crippen LogP contribution in [0.5, 0.6) is 0 Å². The van der Waals surface area contributed by atoms with Crippen LogP contribution >= 0.6 is 0 Å². The van der Waals surface area contributed by atoms with Gasteiger partial charge in [-0.15, -0.1) is 0 Å². The second kappa shape index (κ2) is 7.53. The molecular weight excluding hydrogens is 312 g/mol. The highest BCUT2D eigenvalue weighted by molar-refractivity contribution is 6.16. The summed E-state index contributed by atoms with van der Waals surface area (Å²) >= 11 is 0. The Morgan fingerprint density at radius 2 is 2.25 bits per heavy atom. The highest BCUT2D eigenvalue weighted by Gasteiger charge is 2.27. The van der Waals surface area contributed by atoms with Crippen LogP contribution in [-0.2, 0) is 4.79 Å². The summed E-state index contributed by atoms with van der Waals surface area (Å²) in [7, 11) is 0. The monoisotopic (exact) mass is 330 g/mol. The molecule has 9 nitrogen and oxygen atoms in total. The molecule has 3 heterocycles. The van der Waals surface area contributed by atoms with Gasteiger partial charge in [-0.1, -0.05) is 5.16 Å². The van der Waals surface area contributed by atoms with Crippen LogP contribution in [0.4, 0.5) is 0 Å². The average Bonchev–Trinajstić information content (AvgIpc) is 3.29. The fourth-order valence-electron chi connectivity index (χ4n) is 2.60. The first-order valence-electron chi connectivity index (χ1n) is 7.65. The number of rotatable bonds is 5. The summed E-state index contributed by atoms with van der Waals surface area (Å²) < 4.78 is 10.6. The van der Waals surface area contributed by atoms with Gasteiger partial charge in [-0.3, -0.25) is 9.79 Å². The topological polar surface area (TPSA) is 123 Å². The maximum atomic E-state index is 12.0. The van der Waals surface area contributed by atoms with Crippen molar-refractivity contribution in [3.05, 3.63) is 24.3 Å². The number of hydrogen-bond donors (Lipinski definition) is 1. The molecule has 24 heavy (non-hydrogen) atoms. The molecule has 1 saturated heterocycles. The lowest BCUT2D eigenvalue weighted by Crippen LogP contribution is -2.39. The molecule has 1 fully saturated rings. The highest BCUT2D eigenvalue weighted by Crippen LogP contribution is 2.28. The summed E-state index contributed by atoms with van der Waals surface area (Å²) in [6, 6.07) is 3.56. The van der Waals surface area contributed by atoms with E-state index in [1.807, 2.05) is 0 Å². The molecule has 126 valence electrons. The molecule has 0 bridgehead atoms. The molecule has 9 heteroatoms. The number of carbonyl (C=O) groups is 1. The van der Waals surface area contributed by atoms with Crippen molar-refractivity contribution in [2.45, 2.75) is 18.8 Å². The molecule has 3 rings (SSSR count). The van der Waals surface area contributed by atoms with Crippen molar-refractivity contribution in [2.24, 2.45) is 15.9 Å². The molecule has 1 aliphatic heterocycles. The van der Waals surface area contributed by atoms with E-state index in [1.54, 1.807) is 23.3 Å². The quantitative estimate of drug-likeness (QED) is 0.496. The van der Waals surface area contributed by atoms with Gasteiger partial charge < -0.3 is 19.7 Å². The number of aliphatic imine (C=N–C) groups is 1. The fourth-order valence-corrected chi connectivity index (χ4v) is 2.60. The third-order valence-corrected chi connectivity index (χ3v) is 3.86. The summed E-state index contributed by atoms with van der Waals surface area (Å²) in [4.78, 5) is 22.2. The zero-order valence-electron chi connectivity index (χ0n) is 13.0. The molecule has 1 aliphatic rings. The van der Waals surface area contributed by atoms with Crippen LogP contribution in [0.1, 0.15) is 24.7 Å². The van der Waals surface area contributed by atoms with Crippen molar-refractivity contribution in [3.63, 3.8) is 0 Å². The number of hydrogen-bond acceptors (Lipinski definition) is 8. The largest absolute Gasteiger partial charge is 0.461 e. The summed E-state index contributed by atoms with van der Waals surface area (Å²) in [5, 5.41) is 7.22. The number of amides is 1. The molecule has 2 N–H and O–H groups in total. The summed E-state index contributed by atoms with van der Waals surface area (Å²) in [5.74, 6) is 6.70. The fraction of sp³-hybridized carbons (Fsp3) is 0.400. The number of nitrogens with zero attached hydrogens (tertiary/aromatic N) is 5. The van der Waals surface area contributed by atoms with Gasteiger partial charge >= 0.3 is 0 Å². The molecule has 0 atom stereocenters. The van der Waals surface area contributed by atoms with Crippen molar-refractivity contribution >= 4 is 18.3 Å². The van der Waals surface area contributed by atoms with Crippen LogP contribution in [0.15, 0.2) is 37.4 Å². The van der Waals surface area contributed by atoms with Crippen LogP contribution in [0.3, 0.4) is 0 Å². The Kier molecular flexibility index (Phi) is 4.99. The van der Waals surface area contributed by atoms with Gasteiger partial charge in [0.25, 0.3) is 0 Å². The maximum absolute atomic E-state index is 12.0. The zero-order valence-corrected chi connectivity index (χ0v) is 13.0. The van der Waals surface area contributed by atoms with E-state index < -0.39 is 0 Å². The van der Waals surface area contributed by atoms with Crippen molar-refractivity contribution in [3.8, 4) is 11.6 Å². The SMILES string of the molecule is NN=CC=NCC(=O)N1CCC(c2nc(-c3ccco3)no2)CC1. The number of likely N-dealkylation sites (tertiary alicyclic amines) is 1. The van der Waals surface area contributed by atoms with Gasteiger partial charge in [0.05, 0.1) is 12.5 Å². The Bertz CT molecular complexity index is 713. The molecule has 0 spiro atoms. The van der Waals surface area contributed by atoms with Gasteiger partial charge in [-0.2, -0.15) is 10.1 Å². The standard InChI is InChI=1S/C15H18N6O3/c16-18-6-5-17-10-13(22)21-7-3-11(4-8-21)15-19-14(20-24-15)12-2-1-9-23-12/h1-2,5-6,9,11H,3-4,7-8,10,16H2. The smallest absolute Gasteiger partial charge is 0.244 e. The van der Waals surface area contributed by atoms with Crippen molar-refractivity contribution in [1.29, 1.82) is 0 Å². The van der Waals surface area contributed by atoms with Gasteiger partial charge in [0, 0.05) is 25.2 Å². The first kappa shape index (κ1) is 15.9. The minimum Gasteiger partial charge on any atom is -0.461 e. The second-order valence-electron chi connectivity index (χ2n) is 5.38. The van der Waals surface area contributed by atoms with Crippen LogP contribution in [-0.4, -0.2) is 53.0 Å². The Labute approximate surface area is 138 Å². The van der Waals surface area contributed by atoms with E-state index in [-0.39, 0.29) is 18.4 Å². The number of aromatic nitrogens is 2. The minimum absolute atomic E-state index is 0.0167. The van der Waals surface area contributed by atoms with Gasteiger partial charge in [0.2, 0.25) is 17.6 Å². The number of nitrogens with two attached hydrogens (primary N) is 1. The van der Waals surface area contributed by atoms with Crippen molar-refractivity contribution in [2.75, 3.05) is 19.6 Å². The van der Waals surface area contributed by atoms with Crippen molar-refractivity contribution in [1.82, 2.24) is 15.0 Å². The molecule has 0 saturated carbocycles. The predicted molar refractivity (Wildman–Crippen MR) is 86.6 cm³/mol. The first-order valence-corrected chi connectivity index (χ1v) is 7.65. The zero-order chi connectivity index (χ0) is 16.8. The molecule has 2 aromatic rings. The maximum Gasteiger partial charge on any atom is 0.244 e. The lowest BCUT2D eigenvalue weighted by atomic mass is 9.97. The van der Waals surface area contributed by atoms with Crippen LogP contribution in [0.25, 0.3) is 11.6 Å². The van der Waals surface area contributed by atoms with E-state index in [9.17, 15) is 4.79 Å². The third-order valence-electron chi connectivity index (χ3n) is 3.86. The van der Waals surface area contributed by atoms with E-state index >= 15 is 0 Å². The molecule has 0 radical (unpaired) electrons. The molecule has 0 aromatic carbocycles. The molecule has 2 aromatic heterocycles. The Hall–Kier alpha value is -2.97. The second-order valence-corrected chi connectivity index (χ2v) is 5.38. The Morgan fingerprint density at radius 1 is 1.42 bits per heavy atom.